The molecule has 0 heterocycles. The Kier molecular flexibility index (Phi) is 6.94. The molecule has 0 aliphatic rings. The molecular formula is C17H26F2N2O2. The molecule has 0 saturated heterocycles. The van der Waals surface area contributed by atoms with Gasteiger partial charge in [-0.15, -0.1) is 0 Å². The van der Waals surface area contributed by atoms with E-state index >= 15 is 0 Å². The maximum Gasteiger partial charge on any atom is 0.410 e. The number of halogens is 2. The Morgan fingerprint density at radius 1 is 1.35 bits per heavy atom. The number of hydrogen-bond donors (Lipinski definition) is 1. The van der Waals surface area contributed by atoms with Gasteiger partial charge in [0.05, 0.1) is 0 Å². The molecule has 0 radical (unpaired) electrons. The van der Waals surface area contributed by atoms with Crippen LogP contribution >= 0.6 is 0 Å². The third kappa shape index (κ3) is 6.95. The first-order valence-corrected chi connectivity index (χ1v) is 7.72. The highest BCUT2D eigenvalue weighted by Gasteiger charge is 2.19. The van der Waals surface area contributed by atoms with Gasteiger partial charge in [-0.1, -0.05) is 0 Å². The van der Waals surface area contributed by atoms with Gasteiger partial charge in [0.15, 0.2) is 0 Å². The topological polar surface area (TPSA) is 41.6 Å². The Hall–Kier alpha value is -1.69. The van der Waals surface area contributed by atoms with E-state index in [0.717, 1.165) is 12.1 Å². The van der Waals surface area contributed by atoms with Crippen LogP contribution in [0.5, 0.6) is 0 Å². The minimum Gasteiger partial charge on any atom is -0.444 e. The van der Waals surface area contributed by atoms with Crippen LogP contribution in [-0.4, -0.2) is 36.7 Å². The summed E-state index contributed by atoms with van der Waals surface area (Å²) in [5.74, 6) is -0.892. The lowest BCUT2D eigenvalue weighted by atomic mass is 10.1. The van der Waals surface area contributed by atoms with Gasteiger partial charge < -0.3 is 15.0 Å². The van der Waals surface area contributed by atoms with Crippen LogP contribution < -0.4 is 5.32 Å². The van der Waals surface area contributed by atoms with Gasteiger partial charge in [0.1, 0.15) is 17.2 Å². The van der Waals surface area contributed by atoms with Crippen molar-refractivity contribution in [2.45, 2.75) is 45.8 Å². The lowest BCUT2D eigenvalue weighted by molar-refractivity contribution is 0.0297. The third-order valence-corrected chi connectivity index (χ3v) is 3.25. The van der Waals surface area contributed by atoms with Crippen LogP contribution in [0.2, 0.25) is 0 Å². The first kappa shape index (κ1) is 19.4. The highest BCUT2D eigenvalue weighted by Crippen LogP contribution is 2.17. The Labute approximate surface area is 136 Å². The summed E-state index contributed by atoms with van der Waals surface area (Å²) in [4.78, 5) is 13.3. The molecule has 0 fully saturated rings. The molecule has 1 rings (SSSR count). The third-order valence-electron chi connectivity index (χ3n) is 3.25. The Morgan fingerprint density at radius 2 is 2.00 bits per heavy atom. The van der Waals surface area contributed by atoms with E-state index in [2.05, 4.69) is 5.32 Å². The Morgan fingerprint density at radius 3 is 2.61 bits per heavy atom. The minimum atomic E-state index is -0.521. The number of carbonyl (C=O) groups excluding carboxylic acids is 1. The average Bonchev–Trinajstić information content (AvgIpc) is 2.43. The van der Waals surface area contributed by atoms with Gasteiger partial charge >= 0.3 is 6.09 Å². The molecule has 0 aliphatic carbocycles. The Bertz CT molecular complexity index is 530. The number of hydrogen-bond acceptors (Lipinski definition) is 3. The number of nitrogens with zero attached hydrogens (tertiary/aromatic N) is 1. The van der Waals surface area contributed by atoms with Gasteiger partial charge in [-0.2, -0.15) is 0 Å². The number of carbonyl (C=O) groups is 1. The smallest absolute Gasteiger partial charge is 0.410 e. The highest BCUT2D eigenvalue weighted by atomic mass is 19.1. The van der Waals surface area contributed by atoms with Gasteiger partial charge in [-0.25, -0.2) is 13.6 Å². The van der Waals surface area contributed by atoms with Crippen molar-refractivity contribution in [2.24, 2.45) is 0 Å². The molecule has 4 nitrogen and oxygen atoms in total. The summed E-state index contributed by atoms with van der Waals surface area (Å²) in [5, 5.41) is 3.12. The van der Waals surface area contributed by atoms with Gasteiger partial charge in [-0.05, 0) is 58.9 Å². The molecule has 0 bridgehead atoms. The lowest BCUT2D eigenvalue weighted by Crippen LogP contribution is -2.35. The minimum absolute atomic E-state index is 0.297. The number of amides is 1. The Balaban J connectivity index is 2.37. The van der Waals surface area contributed by atoms with Crippen LogP contribution in [0.3, 0.4) is 0 Å². The normalized spacial score (nSPS) is 12.8. The van der Waals surface area contributed by atoms with Crippen molar-refractivity contribution in [3.8, 4) is 0 Å². The van der Waals surface area contributed by atoms with E-state index in [0.29, 0.717) is 25.1 Å². The molecule has 23 heavy (non-hydrogen) atoms. The standard InChI is InChI=1S/C17H26F2N2O2/c1-12(14-11-13(18)7-8-15(14)19)20-9-6-10-21(5)16(22)23-17(2,3)4/h7-8,11-12,20H,6,9-10H2,1-5H3. The number of rotatable bonds is 6. The molecule has 0 saturated carbocycles. The molecule has 0 aliphatic heterocycles. The van der Waals surface area contributed by atoms with E-state index in [-0.39, 0.29) is 12.1 Å². The monoisotopic (exact) mass is 328 g/mol. The van der Waals surface area contributed by atoms with E-state index in [9.17, 15) is 13.6 Å². The average molecular weight is 328 g/mol. The lowest BCUT2D eigenvalue weighted by Gasteiger charge is -2.24. The number of benzene rings is 1. The highest BCUT2D eigenvalue weighted by molar-refractivity contribution is 5.67. The predicted octanol–water partition coefficient (Wildman–Crippen LogP) is 3.87. The van der Waals surface area contributed by atoms with Crippen molar-refractivity contribution in [1.82, 2.24) is 10.2 Å². The first-order valence-electron chi connectivity index (χ1n) is 7.72. The second-order valence-corrected chi connectivity index (χ2v) is 6.60. The van der Waals surface area contributed by atoms with Crippen LogP contribution in [0.15, 0.2) is 18.2 Å². The maximum absolute atomic E-state index is 13.6. The van der Waals surface area contributed by atoms with E-state index in [4.69, 9.17) is 4.74 Å². The molecule has 0 aromatic heterocycles. The van der Waals surface area contributed by atoms with Crippen molar-refractivity contribution in [3.05, 3.63) is 35.4 Å². The van der Waals surface area contributed by atoms with Crippen molar-refractivity contribution >= 4 is 6.09 Å². The summed E-state index contributed by atoms with van der Waals surface area (Å²) < 4.78 is 32.1. The number of nitrogens with one attached hydrogen (secondary N) is 1. The molecule has 1 aromatic rings. The molecule has 1 unspecified atom stereocenters. The van der Waals surface area contributed by atoms with Crippen LogP contribution in [0.1, 0.15) is 45.7 Å². The largest absolute Gasteiger partial charge is 0.444 e. The zero-order valence-corrected chi connectivity index (χ0v) is 14.5. The van der Waals surface area contributed by atoms with E-state index in [1.165, 1.54) is 11.0 Å². The second kappa shape index (κ2) is 8.24. The van der Waals surface area contributed by atoms with Crippen molar-refractivity contribution in [1.29, 1.82) is 0 Å². The molecule has 130 valence electrons. The molecule has 0 spiro atoms. The van der Waals surface area contributed by atoms with Crippen molar-refractivity contribution in [3.63, 3.8) is 0 Å². The SMILES string of the molecule is CC(NCCCN(C)C(=O)OC(C)(C)C)c1cc(F)ccc1F. The first-order chi connectivity index (χ1) is 10.6. The summed E-state index contributed by atoms with van der Waals surface area (Å²) in [5.41, 5.74) is -0.224. The zero-order chi connectivity index (χ0) is 17.6. The molecule has 1 atom stereocenters. The predicted molar refractivity (Wildman–Crippen MR) is 86.3 cm³/mol. The summed E-state index contributed by atoms with van der Waals surface area (Å²) in [6.45, 7) is 8.31. The van der Waals surface area contributed by atoms with Crippen LogP contribution in [-0.2, 0) is 4.74 Å². The molecule has 1 aromatic carbocycles. The van der Waals surface area contributed by atoms with Gasteiger partial charge in [-0.3, -0.25) is 0 Å². The summed E-state index contributed by atoms with van der Waals surface area (Å²) >= 11 is 0. The van der Waals surface area contributed by atoms with Crippen LogP contribution in [0, 0.1) is 11.6 Å². The fraction of sp³-hybridized carbons (Fsp3) is 0.588. The van der Waals surface area contributed by atoms with Gasteiger partial charge in [0.25, 0.3) is 0 Å². The van der Waals surface area contributed by atoms with Crippen molar-refractivity contribution < 1.29 is 18.3 Å². The summed E-state index contributed by atoms with van der Waals surface area (Å²) in [7, 11) is 1.67. The van der Waals surface area contributed by atoms with Crippen LogP contribution in [0.4, 0.5) is 13.6 Å². The van der Waals surface area contributed by atoms with Gasteiger partial charge in [0, 0.05) is 25.2 Å². The molecular weight excluding hydrogens is 302 g/mol. The second-order valence-electron chi connectivity index (χ2n) is 6.60. The number of ether oxygens (including phenoxy) is 1. The molecule has 1 amide bonds. The van der Waals surface area contributed by atoms with Crippen LogP contribution in [0.25, 0.3) is 0 Å². The van der Waals surface area contributed by atoms with E-state index in [1.807, 2.05) is 20.8 Å². The quantitative estimate of drug-likeness (QED) is 0.806. The fourth-order valence-electron chi connectivity index (χ4n) is 2.02. The van der Waals surface area contributed by atoms with E-state index < -0.39 is 17.2 Å². The zero-order valence-electron chi connectivity index (χ0n) is 14.5. The summed E-state index contributed by atoms with van der Waals surface area (Å²) in [6, 6.07) is 3.11. The van der Waals surface area contributed by atoms with Crippen molar-refractivity contribution in [2.75, 3.05) is 20.1 Å². The summed E-state index contributed by atoms with van der Waals surface area (Å²) in [6.07, 6.45) is 0.304. The van der Waals surface area contributed by atoms with Gasteiger partial charge in [0.2, 0.25) is 0 Å². The molecule has 1 N–H and O–H groups in total. The fourth-order valence-corrected chi connectivity index (χ4v) is 2.02. The maximum atomic E-state index is 13.6. The molecule has 6 heteroatoms. The van der Waals surface area contributed by atoms with E-state index in [1.54, 1.807) is 14.0 Å².